The van der Waals surface area contributed by atoms with E-state index in [0.29, 0.717) is 11.6 Å². The highest BCUT2D eigenvalue weighted by atomic mass is 16.2. The zero-order chi connectivity index (χ0) is 14.4. The van der Waals surface area contributed by atoms with Gasteiger partial charge in [0.2, 0.25) is 11.8 Å². The van der Waals surface area contributed by atoms with Gasteiger partial charge in [-0.05, 0) is 29.8 Å². The van der Waals surface area contributed by atoms with E-state index >= 15 is 0 Å². The molecule has 0 bridgehead atoms. The van der Waals surface area contributed by atoms with Crippen LogP contribution in [-0.4, -0.2) is 21.8 Å². The Labute approximate surface area is 116 Å². The fourth-order valence-corrected chi connectivity index (χ4v) is 1.63. The second-order valence-electron chi connectivity index (χ2n) is 4.17. The second kappa shape index (κ2) is 6.42. The summed E-state index contributed by atoms with van der Waals surface area (Å²) in [6.07, 6.45) is 3.52. The molecule has 2 amide bonds. The summed E-state index contributed by atoms with van der Waals surface area (Å²) in [5.41, 5.74) is 0.871. The van der Waals surface area contributed by atoms with E-state index < -0.39 is 0 Å². The lowest BCUT2D eigenvalue weighted by atomic mass is 10.2. The quantitative estimate of drug-likeness (QED) is 0.884. The molecular weight excluding hydrogens is 256 g/mol. The number of amides is 2. The van der Waals surface area contributed by atoms with Crippen LogP contribution in [0.1, 0.15) is 12.5 Å². The number of pyridine rings is 2. The number of rotatable bonds is 4. The molecule has 2 heterocycles. The summed E-state index contributed by atoms with van der Waals surface area (Å²) in [7, 11) is 0. The van der Waals surface area contributed by atoms with Crippen molar-refractivity contribution >= 4 is 23.5 Å². The normalized spacial score (nSPS) is 9.85. The van der Waals surface area contributed by atoms with Crippen molar-refractivity contribution < 1.29 is 9.59 Å². The molecule has 102 valence electrons. The molecule has 0 saturated heterocycles. The summed E-state index contributed by atoms with van der Waals surface area (Å²) in [5.74, 6) is 0.413. The maximum atomic E-state index is 11.9. The van der Waals surface area contributed by atoms with Crippen LogP contribution in [0.25, 0.3) is 0 Å². The molecule has 2 aromatic rings. The van der Waals surface area contributed by atoms with Crippen LogP contribution in [0, 0.1) is 0 Å². The number of nitrogens with zero attached hydrogens (tertiary/aromatic N) is 2. The number of hydrogen-bond acceptors (Lipinski definition) is 4. The molecule has 6 nitrogen and oxygen atoms in total. The zero-order valence-corrected chi connectivity index (χ0v) is 11.0. The molecule has 2 rings (SSSR count). The topological polar surface area (TPSA) is 84.0 Å². The first-order valence-electron chi connectivity index (χ1n) is 6.07. The molecule has 0 radical (unpaired) electrons. The van der Waals surface area contributed by atoms with Crippen molar-refractivity contribution in [3.63, 3.8) is 0 Å². The Kier molecular flexibility index (Phi) is 4.39. The van der Waals surface area contributed by atoms with Crippen LogP contribution >= 0.6 is 0 Å². The predicted molar refractivity (Wildman–Crippen MR) is 75.1 cm³/mol. The van der Waals surface area contributed by atoms with E-state index in [1.807, 2.05) is 0 Å². The first-order valence-corrected chi connectivity index (χ1v) is 6.07. The highest BCUT2D eigenvalue weighted by Gasteiger charge is 2.05. The third-order valence-corrected chi connectivity index (χ3v) is 2.43. The second-order valence-corrected chi connectivity index (χ2v) is 4.17. The molecule has 0 aliphatic carbocycles. The summed E-state index contributed by atoms with van der Waals surface area (Å²) >= 11 is 0. The lowest BCUT2D eigenvalue weighted by molar-refractivity contribution is -0.116. The number of carbonyl (C=O) groups is 2. The lowest BCUT2D eigenvalue weighted by Gasteiger charge is -2.06. The Morgan fingerprint density at radius 3 is 2.35 bits per heavy atom. The van der Waals surface area contributed by atoms with Crippen LogP contribution in [0.2, 0.25) is 0 Å². The van der Waals surface area contributed by atoms with Gasteiger partial charge in [-0.3, -0.25) is 14.6 Å². The molecule has 6 heteroatoms. The van der Waals surface area contributed by atoms with Gasteiger partial charge in [-0.25, -0.2) is 4.98 Å². The van der Waals surface area contributed by atoms with E-state index in [9.17, 15) is 9.59 Å². The molecule has 0 atom stereocenters. The highest BCUT2D eigenvalue weighted by Crippen LogP contribution is 2.09. The third-order valence-electron chi connectivity index (χ3n) is 2.43. The maximum Gasteiger partial charge on any atom is 0.229 e. The fraction of sp³-hybridized carbons (Fsp3) is 0.143. The van der Waals surface area contributed by atoms with Crippen LogP contribution in [0.4, 0.5) is 11.6 Å². The summed E-state index contributed by atoms with van der Waals surface area (Å²) in [5, 5.41) is 5.24. The first-order chi connectivity index (χ1) is 9.63. The van der Waals surface area contributed by atoms with Crippen molar-refractivity contribution in [1.29, 1.82) is 0 Å². The predicted octanol–water partition coefficient (Wildman–Crippen LogP) is 1.62. The Morgan fingerprint density at radius 2 is 1.70 bits per heavy atom. The molecule has 0 unspecified atom stereocenters. The van der Waals surface area contributed by atoms with Crippen LogP contribution in [0.3, 0.4) is 0 Å². The third kappa shape index (κ3) is 4.16. The van der Waals surface area contributed by atoms with E-state index in [0.717, 1.165) is 5.56 Å². The van der Waals surface area contributed by atoms with Crippen molar-refractivity contribution in [3.05, 3.63) is 48.3 Å². The van der Waals surface area contributed by atoms with E-state index in [4.69, 9.17) is 0 Å². The lowest BCUT2D eigenvalue weighted by Crippen LogP contribution is -2.16. The molecule has 0 aliphatic rings. The van der Waals surface area contributed by atoms with Gasteiger partial charge in [-0.15, -0.1) is 0 Å². The smallest absolute Gasteiger partial charge is 0.229 e. The number of anilines is 2. The summed E-state index contributed by atoms with van der Waals surface area (Å²) in [4.78, 5) is 30.8. The number of hydrogen-bond donors (Lipinski definition) is 2. The maximum absolute atomic E-state index is 11.9. The van der Waals surface area contributed by atoms with Gasteiger partial charge in [0, 0.05) is 19.3 Å². The van der Waals surface area contributed by atoms with Gasteiger partial charge in [0.15, 0.2) is 0 Å². The summed E-state index contributed by atoms with van der Waals surface area (Å²) < 4.78 is 0. The summed E-state index contributed by atoms with van der Waals surface area (Å²) in [6.45, 7) is 1.40. The van der Waals surface area contributed by atoms with Crippen molar-refractivity contribution in [2.24, 2.45) is 0 Å². The number of carbonyl (C=O) groups excluding carboxylic acids is 2. The molecule has 2 aromatic heterocycles. The average molecular weight is 270 g/mol. The minimum absolute atomic E-state index is 0.177. The van der Waals surface area contributed by atoms with Gasteiger partial charge in [0.25, 0.3) is 0 Å². The van der Waals surface area contributed by atoms with Crippen molar-refractivity contribution in [3.8, 4) is 0 Å². The van der Waals surface area contributed by atoms with Crippen molar-refractivity contribution in [2.45, 2.75) is 13.3 Å². The van der Waals surface area contributed by atoms with Crippen LogP contribution in [0.5, 0.6) is 0 Å². The molecule has 0 spiro atoms. The van der Waals surface area contributed by atoms with E-state index in [-0.39, 0.29) is 18.2 Å². The van der Waals surface area contributed by atoms with Gasteiger partial charge in [0.1, 0.15) is 11.6 Å². The summed E-state index contributed by atoms with van der Waals surface area (Å²) in [6, 6.07) is 8.58. The monoisotopic (exact) mass is 270 g/mol. The Morgan fingerprint density at radius 1 is 1.05 bits per heavy atom. The molecule has 0 fully saturated rings. The highest BCUT2D eigenvalue weighted by molar-refractivity contribution is 5.92. The SMILES string of the molecule is CC(=O)Nc1cccc(NC(=O)Cc2ccncc2)n1. The van der Waals surface area contributed by atoms with Gasteiger partial charge in [-0.2, -0.15) is 0 Å². The van der Waals surface area contributed by atoms with Crippen molar-refractivity contribution in [1.82, 2.24) is 9.97 Å². The molecule has 20 heavy (non-hydrogen) atoms. The Balaban J connectivity index is 1.99. The van der Waals surface area contributed by atoms with E-state index in [1.165, 1.54) is 6.92 Å². The molecule has 0 aliphatic heterocycles. The largest absolute Gasteiger partial charge is 0.311 e. The van der Waals surface area contributed by atoms with Crippen LogP contribution in [-0.2, 0) is 16.0 Å². The molecule has 2 N–H and O–H groups in total. The zero-order valence-electron chi connectivity index (χ0n) is 11.0. The molecular formula is C14H14N4O2. The molecule has 0 saturated carbocycles. The van der Waals surface area contributed by atoms with Gasteiger partial charge >= 0.3 is 0 Å². The van der Waals surface area contributed by atoms with Crippen molar-refractivity contribution in [2.75, 3.05) is 10.6 Å². The number of aromatic nitrogens is 2. The van der Waals surface area contributed by atoms with E-state index in [1.54, 1.807) is 42.7 Å². The molecule has 0 aromatic carbocycles. The number of nitrogens with one attached hydrogen (secondary N) is 2. The first kappa shape index (κ1) is 13.7. The van der Waals surface area contributed by atoms with Gasteiger partial charge < -0.3 is 10.6 Å². The Bertz CT molecular complexity index is 614. The Hall–Kier alpha value is -2.76. The van der Waals surface area contributed by atoms with E-state index in [2.05, 4.69) is 20.6 Å². The van der Waals surface area contributed by atoms with Crippen LogP contribution < -0.4 is 10.6 Å². The minimum Gasteiger partial charge on any atom is -0.311 e. The van der Waals surface area contributed by atoms with Gasteiger partial charge in [-0.1, -0.05) is 6.07 Å². The average Bonchev–Trinajstić information content (AvgIpc) is 2.39. The fourth-order valence-electron chi connectivity index (χ4n) is 1.63. The van der Waals surface area contributed by atoms with Gasteiger partial charge in [0.05, 0.1) is 6.42 Å². The van der Waals surface area contributed by atoms with Crippen LogP contribution in [0.15, 0.2) is 42.7 Å². The standard InChI is InChI=1S/C14H14N4O2/c1-10(19)16-12-3-2-4-13(17-12)18-14(20)9-11-5-7-15-8-6-11/h2-8H,9H2,1H3,(H2,16,17,18,19,20). The minimum atomic E-state index is -0.210.